The first-order chi connectivity index (χ1) is 34.1. The van der Waals surface area contributed by atoms with Crippen LogP contribution in [0.2, 0.25) is 0 Å². The van der Waals surface area contributed by atoms with Crippen molar-refractivity contribution in [3.05, 3.63) is 199 Å². The normalized spacial score (nSPS) is 13.6. The number of fused-ring (bicyclic) bond motifs is 10. The Labute approximate surface area is 426 Å². The molecule has 0 saturated carbocycles. The Bertz CT molecular complexity index is 3700. The Morgan fingerprint density at radius 2 is 0.746 bits per heavy atom. The van der Waals surface area contributed by atoms with Crippen LogP contribution in [-0.2, 0) is 16.2 Å². The first-order valence-corrected chi connectivity index (χ1v) is 26.8. The summed E-state index contributed by atoms with van der Waals surface area (Å²) in [7, 11) is 0. The van der Waals surface area contributed by atoms with Crippen LogP contribution in [-0.4, -0.2) is 6.71 Å². The van der Waals surface area contributed by atoms with Gasteiger partial charge in [-0.2, -0.15) is 0 Å². The third-order valence-electron chi connectivity index (χ3n) is 15.3. The van der Waals surface area contributed by atoms with E-state index in [1.807, 2.05) is 22.7 Å². The summed E-state index contributed by atoms with van der Waals surface area (Å²) >= 11 is 3.79. The number of anilines is 6. The standard InChI is InChI=1S/C66H57BN2S2/c1-64(2,3)42-28-34-55-53(36-42)67-54-37-43(65(4,5)6)29-35-56(54)69(46-32-26-41(27-33-46)48-19-15-21-52-50-17-11-13-23-60(50)71-63(48)52)58-39-44(66(7,8)9)38-57(61(58)67)68(55)45-30-24-40(25-31-45)47-18-14-20-51-49-16-10-12-22-59(49)70-62(47)51/h10-39H,1-9H3. The maximum absolute atomic E-state index is 2.59. The second kappa shape index (κ2) is 15.8. The summed E-state index contributed by atoms with van der Waals surface area (Å²) in [5.41, 5.74) is 20.2. The van der Waals surface area contributed by atoms with Crippen LogP contribution in [0.5, 0.6) is 0 Å². The Hall–Kier alpha value is -6.92. The number of nitrogens with zero attached hydrogens (tertiary/aromatic N) is 2. The van der Waals surface area contributed by atoms with Gasteiger partial charge in [0, 0.05) is 74.5 Å². The second-order valence-electron chi connectivity index (χ2n) is 23.0. The predicted octanol–water partition coefficient (Wildman–Crippen LogP) is 17.7. The summed E-state index contributed by atoms with van der Waals surface area (Å²) in [6.45, 7) is 21.2. The molecule has 0 saturated heterocycles. The molecule has 2 nitrogen and oxygen atoms in total. The molecule has 4 heterocycles. The molecule has 0 bridgehead atoms. The average molecular weight is 953 g/mol. The van der Waals surface area contributed by atoms with Crippen molar-refractivity contribution in [2.75, 3.05) is 9.80 Å². The summed E-state index contributed by atoms with van der Waals surface area (Å²) in [5.74, 6) is 0. The van der Waals surface area contributed by atoms with Gasteiger partial charge in [0.15, 0.2) is 0 Å². The fourth-order valence-electron chi connectivity index (χ4n) is 11.5. The summed E-state index contributed by atoms with van der Waals surface area (Å²) in [6, 6.07) is 69.8. The fraction of sp³-hybridized carbons (Fsp3) is 0.182. The highest BCUT2D eigenvalue weighted by atomic mass is 32.1. The zero-order valence-electron chi connectivity index (χ0n) is 42.1. The fourth-order valence-corrected chi connectivity index (χ4v) is 13.9. The maximum atomic E-state index is 2.59. The van der Waals surface area contributed by atoms with Crippen LogP contribution >= 0.6 is 22.7 Å². The van der Waals surface area contributed by atoms with Crippen molar-refractivity contribution < 1.29 is 0 Å². The molecule has 0 radical (unpaired) electrons. The van der Waals surface area contributed by atoms with Crippen LogP contribution in [0.1, 0.15) is 79.0 Å². The lowest BCUT2D eigenvalue weighted by Crippen LogP contribution is -2.61. The summed E-state index contributed by atoms with van der Waals surface area (Å²) in [6.07, 6.45) is 0. The number of rotatable bonds is 4. The smallest absolute Gasteiger partial charge is 0.252 e. The average Bonchev–Trinajstić information content (AvgIpc) is 3.94. The number of hydrogen-bond donors (Lipinski definition) is 0. The van der Waals surface area contributed by atoms with Crippen LogP contribution in [0.15, 0.2) is 182 Å². The van der Waals surface area contributed by atoms with Gasteiger partial charge < -0.3 is 9.80 Å². The van der Waals surface area contributed by atoms with Crippen LogP contribution in [0, 0.1) is 0 Å². The molecule has 0 aliphatic carbocycles. The number of thiophene rings is 2. The van der Waals surface area contributed by atoms with Crippen molar-refractivity contribution in [2.24, 2.45) is 0 Å². The molecule has 9 aromatic carbocycles. The lowest BCUT2D eigenvalue weighted by atomic mass is 9.33. The zero-order chi connectivity index (χ0) is 48.7. The van der Waals surface area contributed by atoms with Gasteiger partial charge >= 0.3 is 0 Å². The van der Waals surface area contributed by atoms with Crippen LogP contribution < -0.4 is 26.2 Å². The van der Waals surface area contributed by atoms with Crippen molar-refractivity contribution in [1.82, 2.24) is 0 Å². The highest BCUT2D eigenvalue weighted by Crippen LogP contribution is 2.49. The summed E-state index contributed by atoms with van der Waals surface area (Å²) < 4.78 is 5.34. The van der Waals surface area contributed by atoms with Crippen molar-refractivity contribution >= 4 is 120 Å². The van der Waals surface area contributed by atoms with Gasteiger partial charge in [0.2, 0.25) is 0 Å². The molecule has 0 N–H and O–H groups in total. The molecule has 2 aliphatic rings. The van der Waals surface area contributed by atoms with Crippen molar-refractivity contribution in [1.29, 1.82) is 0 Å². The second-order valence-corrected chi connectivity index (χ2v) is 25.1. The Kier molecular flexibility index (Phi) is 9.80. The SMILES string of the molecule is CC(C)(C)c1ccc2c(c1)B1c3cc(C(C)(C)C)ccc3N(c3ccc(-c4cccc5c4sc4ccccc45)cc3)c3cc(C(C)(C)C)cc(c31)N2c1ccc(-c2cccc3c2sc2ccccc23)cc1. The molecule has 71 heavy (non-hydrogen) atoms. The van der Waals surface area contributed by atoms with E-state index in [9.17, 15) is 0 Å². The van der Waals surface area contributed by atoms with E-state index in [1.54, 1.807) is 0 Å². The highest BCUT2D eigenvalue weighted by Gasteiger charge is 2.45. The van der Waals surface area contributed by atoms with E-state index in [-0.39, 0.29) is 23.0 Å². The predicted molar refractivity (Wildman–Crippen MR) is 313 cm³/mol. The van der Waals surface area contributed by atoms with Gasteiger partial charge in [0.1, 0.15) is 0 Å². The van der Waals surface area contributed by atoms with E-state index in [0.29, 0.717) is 0 Å². The third-order valence-corrected chi connectivity index (χ3v) is 17.8. The molecule has 0 atom stereocenters. The molecule has 0 unspecified atom stereocenters. The topological polar surface area (TPSA) is 6.48 Å². The minimum absolute atomic E-state index is 0.0193. The quantitative estimate of drug-likeness (QED) is 0.162. The number of benzene rings is 9. The monoisotopic (exact) mass is 952 g/mol. The van der Waals surface area contributed by atoms with Crippen molar-refractivity contribution in [3.8, 4) is 22.3 Å². The zero-order valence-corrected chi connectivity index (χ0v) is 43.7. The number of hydrogen-bond acceptors (Lipinski definition) is 4. The summed E-state index contributed by atoms with van der Waals surface area (Å²) in [5, 5.41) is 5.31. The van der Waals surface area contributed by atoms with E-state index in [1.165, 1.54) is 118 Å². The van der Waals surface area contributed by atoms with Gasteiger partial charge in [-0.3, -0.25) is 0 Å². The molecule has 2 aromatic heterocycles. The first-order valence-electron chi connectivity index (χ1n) is 25.2. The molecule has 5 heteroatoms. The van der Waals surface area contributed by atoms with E-state index in [0.717, 1.165) is 11.4 Å². The Balaban J connectivity index is 1.03. The third kappa shape index (κ3) is 7.02. The van der Waals surface area contributed by atoms with Gasteiger partial charge in [0.25, 0.3) is 6.71 Å². The minimum Gasteiger partial charge on any atom is -0.311 e. The molecule has 11 aromatic rings. The summed E-state index contributed by atoms with van der Waals surface area (Å²) in [4.78, 5) is 5.17. The van der Waals surface area contributed by atoms with E-state index < -0.39 is 0 Å². The lowest BCUT2D eigenvalue weighted by Gasteiger charge is -2.45. The molecule has 2 aliphatic heterocycles. The van der Waals surface area contributed by atoms with Crippen molar-refractivity contribution in [2.45, 2.75) is 78.6 Å². The van der Waals surface area contributed by atoms with E-state index in [2.05, 4.69) is 254 Å². The van der Waals surface area contributed by atoms with E-state index in [4.69, 9.17) is 0 Å². The van der Waals surface area contributed by atoms with Gasteiger partial charge in [-0.25, -0.2) is 0 Å². The molecular formula is C66H57BN2S2. The Morgan fingerprint density at radius 3 is 1.15 bits per heavy atom. The largest absolute Gasteiger partial charge is 0.311 e. The van der Waals surface area contributed by atoms with Gasteiger partial charge in [-0.15, -0.1) is 22.7 Å². The Morgan fingerprint density at radius 1 is 0.352 bits per heavy atom. The first kappa shape index (κ1) is 44.1. The van der Waals surface area contributed by atoms with Crippen LogP contribution in [0.4, 0.5) is 34.1 Å². The van der Waals surface area contributed by atoms with Crippen LogP contribution in [0.3, 0.4) is 0 Å². The van der Waals surface area contributed by atoms with Crippen molar-refractivity contribution in [3.63, 3.8) is 0 Å². The highest BCUT2D eigenvalue weighted by molar-refractivity contribution is 7.26. The molecular weight excluding hydrogens is 896 g/mol. The van der Waals surface area contributed by atoms with Crippen LogP contribution in [0.25, 0.3) is 62.6 Å². The molecule has 13 rings (SSSR count). The molecule has 0 amide bonds. The van der Waals surface area contributed by atoms with Gasteiger partial charge in [-0.1, -0.05) is 184 Å². The molecule has 0 fully saturated rings. The minimum atomic E-state index is -0.120. The molecule has 0 spiro atoms. The maximum Gasteiger partial charge on any atom is 0.252 e. The van der Waals surface area contributed by atoms with Gasteiger partial charge in [-0.05, 0) is 132 Å². The van der Waals surface area contributed by atoms with Gasteiger partial charge in [0.05, 0.1) is 0 Å². The van der Waals surface area contributed by atoms with E-state index >= 15 is 0 Å². The molecule has 346 valence electrons. The lowest BCUT2D eigenvalue weighted by molar-refractivity contribution is 0.590.